The van der Waals surface area contributed by atoms with Crippen LogP contribution in [-0.4, -0.2) is 37.1 Å². The smallest absolute Gasteiger partial charge is 0.228 e. The Kier molecular flexibility index (Phi) is 5.30. The van der Waals surface area contributed by atoms with E-state index in [9.17, 15) is 4.79 Å². The van der Waals surface area contributed by atoms with E-state index in [0.717, 1.165) is 38.5 Å². The van der Waals surface area contributed by atoms with E-state index in [2.05, 4.69) is 50.1 Å². The second kappa shape index (κ2) is 7.30. The summed E-state index contributed by atoms with van der Waals surface area (Å²) in [7, 11) is 0. The van der Waals surface area contributed by atoms with Crippen molar-refractivity contribution in [3.8, 4) is 0 Å². The molecule has 3 rings (SSSR count). The first kappa shape index (κ1) is 18.2. The highest BCUT2D eigenvalue weighted by Gasteiger charge is 2.60. The van der Waals surface area contributed by atoms with Crippen molar-refractivity contribution < 1.29 is 9.53 Å². The number of ether oxygens (including phenoxy) is 1. The van der Waals surface area contributed by atoms with Crippen molar-refractivity contribution in [2.45, 2.75) is 34.2 Å². The summed E-state index contributed by atoms with van der Waals surface area (Å²) in [5.41, 5.74) is 3.44. The fraction of sp³-hybridized carbons (Fsp3) is 0.571. The molecule has 1 aromatic rings. The summed E-state index contributed by atoms with van der Waals surface area (Å²) in [5.74, 6) is 0.532. The number of allylic oxidation sites excluding steroid dienone is 2. The molecule has 1 aliphatic heterocycles. The van der Waals surface area contributed by atoms with Crippen molar-refractivity contribution in [2.24, 2.45) is 17.3 Å². The third-order valence-corrected chi connectivity index (χ3v) is 5.48. The van der Waals surface area contributed by atoms with Crippen LogP contribution in [0.25, 0.3) is 0 Å². The zero-order valence-electron chi connectivity index (χ0n) is 15.8. The van der Waals surface area contributed by atoms with E-state index >= 15 is 0 Å². The van der Waals surface area contributed by atoms with Crippen molar-refractivity contribution >= 4 is 11.6 Å². The summed E-state index contributed by atoms with van der Waals surface area (Å²) >= 11 is 0. The minimum atomic E-state index is 0.0422. The molecular formula is C21H30N2O2. The summed E-state index contributed by atoms with van der Waals surface area (Å²) in [6, 6.07) is 8.15. The Hall–Kier alpha value is -1.65. The maximum atomic E-state index is 12.9. The van der Waals surface area contributed by atoms with Gasteiger partial charge in [-0.3, -0.25) is 9.69 Å². The molecule has 0 bridgehead atoms. The predicted molar refractivity (Wildman–Crippen MR) is 101 cm³/mol. The van der Waals surface area contributed by atoms with Gasteiger partial charge in [-0.25, -0.2) is 0 Å². The first-order chi connectivity index (χ1) is 11.9. The van der Waals surface area contributed by atoms with Gasteiger partial charge in [0.15, 0.2) is 0 Å². The molecule has 136 valence electrons. The van der Waals surface area contributed by atoms with Gasteiger partial charge in [0, 0.05) is 25.3 Å². The van der Waals surface area contributed by atoms with Crippen LogP contribution in [0.2, 0.25) is 0 Å². The molecule has 0 radical (unpaired) electrons. The van der Waals surface area contributed by atoms with Gasteiger partial charge < -0.3 is 10.1 Å². The van der Waals surface area contributed by atoms with Crippen LogP contribution in [-0.2, 0) is 16.1 Å². The van der Waals surface area contributed by atoms with Gasteiger partial charge in [0.25, 0.3) is 0 Å². The number of para-hydroxylation sites is 1. The Bertz CT molecular complexity index is 656. The summed E-state index contributed by atoms with van der Waals surface area (Å²) in [5, 5.41) is 3.19. The third-order valence-electron chi connectivity index (χ3n) is 5.48. The zero-order chi connectivity index (χ0) is 18.0. The molecule has 1 aliphatic carbocycles. The minimum absolute atomic E-state index is 0.0422. The third kappa shape index (κ3) is 4.13. The van der Waals surface area contributed by atoms with Crippen molar-refractivity contribution in [2.75, 3.05) is 31.6 Å². The summed E-state index contributed by atoms with van der Waals surface area (Å²) < 4.78 is 5.42. The standard InChI is InChI=1S/C21H30N2O2/c1-15(2)13-17-19(21(17,3)4)20(24)22-18-8-6-5-7-16(18)14-23-9-11-25-12-10-23/h5-8,13,17,19H,9-12,14H2,1-4H3,(H,22,24). The van der Waals surface area contributed by atoms with Crippen LogP contribution >= 0.6 is 0 Å². The lowest BCUT2D eigenvalue weighted by Crippen LogP contribution is -2.35. The van der Waals surface area contributed by atoms with Gasteiger partial charge in [0.05, 0.1) is 19.1 Å². The highest BCUT2D eigenvalue weighted by atomic mass is 16.5. The molecule has 2 fully saturated rings. The maximum Gasteiger partial charge on any atom is 0.228 e. The van der Waals surface area contributed by atoms with Crippen LogP contribution in [0, 0.1) is 17.3 Å². The lowest BCUT2D eigenvalue weighted by molar-refractivity contribution is -0.118. The highest BCUT2D eigenvalue weighted by Crippen LogP contribution is 2.59. The van der Waals surface area contributed by atoms with Crippen molar-refractivity contribution in [1.82, 2.24) is 4.90 Å². The number of nitrogens with one attached hydrogen (secondary N) is 1. The van der Waals surface area contributed by atoms with Crippen LogP contribution in [0.3, 0.4) is 0 Å². The number of hydrogen-bond donors (Lipinski definition) is 1. The fourth-order valence-corrected chi connectivity index (χ4v) is 3.84. The van der Waals surface area contributed by atoms with Gasteiger partial charge in [-0.05, 0) is 36.8 Å². The lowest BCUT2D eigenvalue weighted by atomic mass is 10.1. The Labute approximate surface area is 151 Å². The van der Waals surface area contributed by atoms with E-state index < -0.39 is 0 Å². The van der Waals surface area contributed by atoms with Crippen molar-refractivity contribution in [1.29, 1.82) is 0 Å². The van der Waals surface area contributed by atoms with Crippen molar-refractivity contribution in [3.05, 3.63) is 41.5 Å². The molecule has 1 saturated heterocycles. The number of rotatable bonds is 5. The van der Waals surface area contributed by atoms with Gasteiger partial charge in [-0.1, -0.05) is 43.7 Å². The summed E-state index contributed by atoms with van der Waals surface area (Å²) in [4.78, 5) is 15.2. The largest absolute Gasteiger partial charge is 0.379 e. The van der Waals surface area contributed by atoms with E-state index in [1.165, 1.54) is 11.1 Å². The molecular weight excluding hydrogens is 312 g/mol. The van der Waals surface area contributed by atoms with E-state index in [1.54, 1.807) is 0 Å². The lowest BCUT2D eigenvalue weighted by Gasteiger charge is -2.27. The highest BCUT2D eigenvalue weighted by molar-refractivity contribution is 5.96. The van der Waals surface area contributed by atoms with Gasteiger partial charge >= 0.3 is 0 Å². The minimum Gasteiger partial charge on any atom is -0.379 e. The van der Waals surface area contributed by atoms with Gasteiger partial charge in [-0.2, -0.15) is 0 Å². The molecule has 1 saturated carbocycles. The van der Waals surface area contributed by atoms with Gasteiger partial charge in [0.1, 0.15) is 0 Å². The summed E-state index contributed by atoms with van der Waals surface area (Å²) in [6.45, 7) is 12.9. The van der Waals surface area contributed by atoms with Crippen LogP contribution in [0.4, 0.5) is 5.69 Å². The average Bonchev–Trinajstić information content (AvgIpc) is 3.10. The monoisotopic (exact) mass is 342 g/mol. The number of amides is 1. The number of carbonyl (C=O) groups excluding carboxylic acids is 1. The normalized spacial score (nSPS) is 25.3. The predicted octanol–water partition coefficient (Wildman–Crippen LogP) is 3.70. The van der Waals surface area contributed by atoms with E-state index in [-0.39, 0.29) is 17.2 Å². The quantitative estimate of drug-likeness (QED) is 0.830. The number of carbonyl (C=O) groups is 1. The molecule has 4 nitrogen and oxygen atoms in total. The van der Waals surface area contributed by atoms with Crippen LogP contribution in [0.5, 0.6) is 0 Å². The maximum absolute atomic E-state index is 12.9. The number of morpholine rings is 1. The van der Waals surface area contributed by atoms with Crippen LogP contribution < -0.4 is 5.32 Å². The molecule has 4 heteroatoms. The second-order valence-electron chi connectivity index (χ2n) is 8.10. The molecule has 0 spiro atoms. The molecule has 1 heterocycles. The summed E-state index contributed by atoms with van der Waals surface area (Å²) in [6.07, 6.45) is 2.24. The average molecular weight is 342 g/mol. The molecule has 1 aromatic carbocycles. The number of hydrogen-bond acceptors (Lipinski definition) is 3. The molecule has 2 aliphatic rings. The molecule has 2 unspecified atom stereocenters. The Morgan fingerprint density at radius 3 is 2.64 bits per heavy atom. The van der Waals surface area contributed by atoms with Gasteiger partial charge in [0.2, 0.25) is 5.91 Å². The Balaban J connectivity index is 1.69. The number of benzene rings is 1. The molecule has 1 amide bonds. The van der Waals surface area contributed by atoms with E-state index in [4.69, 9.17) is 4.74 Å². The van der Waals surface area contributed by atoms with Crippen LogP contribution in [0.1, 0.15) is 33.3 Å². The number of nitrogens with zero attached hydrogens (tertiary/aromatic N) is 1. The number of anilines is 1. The van der Waals surface area contributed by atoms with Gasteiger partial charge in [-0.15, -0.1) is 0 Å². The first-order valence-corrected chi connectivity index (χ1v) is 9.23. The van der Waals surface area contributed by atoms with E-state index in [0.29, 0.717) is 5.92 Å². The Morgan fingerprint density at radius 2 is 1.96 bits per heavy atom. The molecule has 2 atom stereocenters. The van der Waals surface area contributed by atoms with Crippen LogP contribution in [0.15, 0.2) is 35.9 Å². The van der Waals surface area contributed by atoms with E-state index in [1.807, 2.05) is 18.2 Å². The SMILES string of the molecule is CC(C)=CC1C(C(=O)Nc2ccccc2CN2CCOCC2)C1(C)C. The second-order valence-corrected chi connectivity index (χ2v) is 8.10. The Morgan fingerprint density at radius 1 is 1.28 bits per heavy atom. The molecule has 0 aromatic heterocycles. The molecule has 1 N–H and O–H groups in total. The topological polar surface area (TPSA) is 41.6 Å². The fourth-order valence-electron chi connectivity index (χ4n) is 3.84. The zero-order valence-corrected chi connectivity index (χ0v) is 15.8. The van der Waals surface area contributed by atoms with Crippen molar-refractivity contribution in [3.63, 3.8) is 0 Å². The first-order valence-electron chi connectivity index (χ1n) is 9.23. The molecule has 25 heavy (non-hydrogen) atoms.